The van der Waals surface area contributed by atoms with Gasteiger partial charge in [-0.2, -0.15) is 0 Å². The number of nitrogens with one attached hydrogen (secondary N) is 1. The van der Waals surface area contributed by atoms with Crippen molar-refractivity contribution in [2.24, 2.45) is 0 Å². The SMILES string of the molecule is CC(C)NCCC(=O)Cc1ccncc1Cl. The van der Waals surface area contributed by atoms with E-state index in [0.717, 1.165) is 12.1 Å². The Balaban J connectivity index is 2.37. The van der Waals surface area contributed by atoms with Gasteiger partial charge in [0.2, 0.25) is 0 Å². The first kappa shape index (κ1) is 13.1. The number of ketones is 1. The molecular weight excluding hydrogens is 224 g/mol. The van der Waals surface area contributed by atoms with Gasteiger partial charge in [-0.25, -0.2) is 0 Å². The Kier molecular flexibility index (Phi) is 5.43. The second-order valence-corrected chi connectivity index (χ2v) is 4.45. The standard InChI is InChI=1S/C12H17ClN2O/c1-9(2)15-6-4-11(16)7-10-3-5-14-8-12(10)13/h3,5,8-9,15H,4,6-7H2,1-2H3. The highest BCUT2D eigenvalue weighted by atomic mass is 35.5. The average Bonchev–Trinajstić information content (AvgIpc) is 2.21. The molecule has 16 heavy (non-hydrogen) atoms. The Morgan fingerprint density at radius 2 is 2.31 bits per heavy atom. The molecule has 0 saturated carbocycles. The van der Waals surface area contributed by atoms with E-state index >= 15 is 0 Å². The number of nitrogens with zero attached hydrogens (tertiary/aromatic N) is 1. The normalized spacial score (nSPS) is 10.8. The van der Waals surface area contributed by atoms with E-state index in [0.29, 0.717) is 23.9 Å². The molecule has 0 amide bonds. The van der Waals surface area contributed by atoms with Crippen LogP contribution < -0.4 is 5.32 Å². The molecule has 1 aromatic heterocycles. The molecule has 1 rings (SSSR count). The summed E-state index contributed by atoms with van der Waals surface area (Å²) in [6, 6.07) is 2.20. The van der Waals surface area contributed by atoms with Crippen LogP contribution in [0.2, 0.25) is 5.02 Å². The highest BCUT2D eigenvalue weighted by Gasteiger charge is 2.06. The predicted molar refractivity (Wildman–Crippen MR) is 65.7 cm³/mol. The molecular formula is C12H17ClN2O. The Morgan fingerprint density at radius 1 is 1.56 bits per heavy atom. The zero-order valence-corrected chi connectivity index (χ0v) is 10.4. The van der Waals surface area contributed by atoms with Crippen LogP contribution in [0.25, 0.3) is 0 Å². The summed E-state index contributed by atoms with van der Waals surface area (Å²) >= 11 is 5.92. The van der Waals surface area contributed by atoms with E-state index in [2.05, 4.69) is 24.1 Å². The van der Waals surface area contributed by atoms with Crippen molar-refractivity contribution in [2.75, 3.05) is 6.54 Å². The van der Waals surface area contributed by atoms with Crippen molar-refractivity contribution < 1.29 is 4.79 Å². The molecule has 1 aromatic rings. The summed E-state index contributed by atoms with van der Waals surface area (Å²) in [6.07, 6.45) is 4.15. The minimum Gasteiger partial charge on any atom is -0.314 e. The van der Waals surface area contributed by atoms with Crippen LogP contribution >= 0.6 is 11.6 Å². The Labute approximate surface area is 101 Å². The fourth-order valence-corrected chi connectivity index (χ4v) is 1.53. The highest BCUT2D eigenvalue weighted by Crippen LogP contribution is 2.14. The first-order valence-corrected chi connectivity index (χ1v) is 5.81. The fourth-order valence-electron chi connectivity index (χ4n) is 1.35. The monoisotopic (exact) mass is 240 g/mol. The van der Waals surface area contributed by atoms with Crippen LogP contribution in [-0.4, -0.2) is 23.4 Å². The third-order valence-corrected chi connectivity index (χ3v) is 2.54. The maximum absolute atomic E-state index is 11.6. The molecule has 3 nitrogen and oxygen atoms in total. The van der Waals surface area contributed by atoms with Gasteiger partial charge in [0.15, 0.2) is 0 Å². The van der Waals surface area contributed by atoms with Gasteiger partial charge in [0.05, 0.1) is 5.02 Å². The molecule has 88 valence electrons. The fraction of sp³-hybridized carbons (Fsp3) is 0.500. The van der Waals surface area contributed by atoms with Gasteiger partial charge in [-0.05, 0) is 11.6 Å². The van der Waals surface area contributed by atoms with Crippen LogP contribution in [0.3, 0.4) is 0 Å². The predicted octanol–water partition coefficient (Wildman–Crippen LogP) is 2.23. The molecule has 0 unspecified atom stereocenters. The third kappa shape index (κ3) is 4.73. The lowest BCUT2D eigenvalue weighted by molar-refractivity contribution is -0.118. The molecule has 0 aromatic carbocycles. The average molecular weight is 241 g/mol. The van der Waals surface area contributed by atoms with Crippen molar-refractivity contribution >= 4 is 17.4 Å². The zero-order valence-electron chi connectivity index (χ0n) is 9.66. The Bertz CT molecular complexity index is 353. The molecule has 0 aliphatic heterocycles. The number of rotatable bonds is 6. The van der Waals surface area contributed by atoms with Crippen molar-refractivity contribution in [1.82, 2.24) is 10.3 Å². The summed E-state index contributed by atoms with van der Waals surface area (Å²) in [6.45, 7) is 4.84. The van der Waals surface area contributed by atoms with Gasteiger partial charge in [0.1, 0.15) is 5.78 Å². The lowest BCUT2D eigenvalue weighted by Gasteiger charge is -2.07. The lowest BCUT2D eigenvalue weighted by atomic mass is 10.1. The van der Waals surface area contributed by atoms with Gasteiger partial charge >= 0.3 is 0 Å². The second kappa shape index (κ2) is 6.61. The van der Waals surface area contributed by atoms with Crippen LogP contribution in [0.5, 0.6) is 0 Å². The summed E-state index contributed by atoms with van der Waals surface area (Å²) in [5, 5.41) is 3.77. The van der Waals surface area contributed by atoms with E-state index in [1.165, 1.54) is 0 Å². The summed E-state index contributed by atoms with van der Waals surface area (Å²) < 4.78 is 0. The van der Waals surface area contributed by atoms with E-state index < -0.39 is 0 Å². The molecule has 1 heterocycles. The van der Waals surface area contributed by atoms with Crippen molar-refractivity contribution in [3.8, 4) is 0 Å². The van der Waals surface area contributed by atoms with Gasteiger partial charge in [0.25, 0.3) is 0 Å². The number of aromatic nitrogens is 1. The number of Topliss-reactive ketones (excluding diaryl/α,β-unsaturated/α-hetero) is 1. The van der Waals surface area contributed by atoms with Gasteiger partial charge < -0.3 is 5.32 Å². The largest absolute Gasteiger partial charge is 0.314 e. The molecule has 0 atom stereocenters. The first-order chi connectivity index (χ1) is 7.59. The second-order valence-electron chi connectivity index (χ2n) is 4.04. The smallest absolute Gasteiger partial charge is 0.138 e. The molecule has 1 N–H and O–H groups in total. The number of halogens is 1. The summed E-state index contributed by atoms with van der Waals surface area (Å²) in [5.74, 6) is 0.196. The quantitative estimate of drug-likeness (QED) is 0.829. The molecule has 0 radical (unpaired) electrons. The number of carbonyl (C=O) groups is 1. The van der Waals surface area contributed by atoms with Crippen LogP contribution in [0, 0.1) is 0 Å². The van der Waals surface area contributed by atoms with Crippen molar-refractivity contribution in [3.63, 3.8) is 0 Å². The maximum atomic E-state index is 11.6. The topological polar surface area (TPSA) is 42.0 Å². The summed E-state index contributed by atoms with van der Waals surface area (Å²) in [5.41, 5.74) is 0.853. The molecule has 0 aliphatic rings. The van der Waals surface area contributed by atoms with Crippen LogP contribution in [0.15, 0.2) is 18.5 Å². The number of hydrogen-bond acceptors (Lipinski definition) is 3. The van der Waals surface area contributed by atoms with E-state index in [9.17, 15) is 4.79 Å². The maximum Gasteiger partial charge on any atom is 0.138 e. The molecule has 0 aliphatic carbocycles. The van der Waals surface area contributed by atoms with Gasteiger partial charge in [-0.15, -0.1) is 0 Å². The van der Waals surface area contributed by atoms with Gasteiger partial charge in [-0.1, -0.05) is 25.4 Å². The van der Waals surface area contributed by atoms with Crippen LogP contribution in [0.1, 0.15) is 25.8 Å². The van der Waals surface area contributed by atoms with Gasteiger partial charge in [0, 0.05) is 37.8 Å². The molecule has 0 spiro atoms. The van der Waals surface area contributed by atoms with Crippen LogP contribution in [0.4, 0.5) is 0 Å². The molecule has 4 heteroatoms. The lowest BCUT2D eigenvalue weighted by Crippen LogP contribution is -2.25. The minimum absolute atomic E-state index is 0.196. The molecule has 0 fully saturated rings. The van der Waals surface area contributed by atoms with E-state index in [-0.39, 0.29) is 5.78 Å². The number of hydrogen-bond donors (Lipinski definition) is 1. The summed E-state index contributed by atoms with van der Waals surface area (Å²) in [7, 11) is 0. The van der Waals surface area contributed by atoms with E-state index in [1.807, 2.05) is 0 Å². The van der Waals surface area contributed by atoms with Crippen LogP contribution in [-0.2, 0) is 11.2 Å². The number of pyridine rings is 1. The molecule has 0 saturated heterocycles. The van der Waals surface area contributed by atoms with Crippen molar-refractivity contribution in [1.29, 1.82) is 0 Å². The summed E-state index contributed by atoms with van der Waals surface area (Å²) in [4.78, 5) is 15.5. The third-order valence-electron chi connectivity index (χ3n) is 2.20. The number of carbonyl (C=O) groups excluding carboxylic acids is 1. The van der Waals surface area contributed by atoms with Crippen molar-refractivity contribution in [3.05, 3.63) is 29.0 Å². The first-order valence-electron chi connectivity index (χ1n) is 5.43. The highest BCUT2D eigenvalue weighted by molar-refractivity contribution is 6.31. The Hall–Kier alpha value is -0.930. The van der Waals surface area contributed by atoms with Gasteiger partial charge in [-0.3, -0.25) is 9.78 Å². The zero-order chi connectivity index (χ0) is 12.0. The Morgan fingerprint density at radius 3 is 2.94 bits per heavy atom. The minimum atomic E-state index is 0.196. The van der Waals surface area contributed by atoms with E-state index in [4.69, 9.17) is 11.6 Å². The van der Waals surface area contributed by atoms with E-state index in [1.54, 1.807) is 18.5 Å². The molecule has 0 bridgehead atoms. The van der Waals surface area contributed by atoms with Crippen molar-refractivity contribution in [2.45, 2.75) is 32.7 Å².